The Hall–Kier alpha value is -1.55. The fourth-order valence-corrected chi connectivity index (χ4v) is 3.39. The Bertz CT molecular complexity index is 437. The molecular formula is C18H29N3O. The molecule has 0 spiro atoms. The highest BCUT2D eigenvalue weighted by Gasteiger charge is 2.27. The molecule has 1 fully saturated rings. The molecule has 122 valence electrons. The molecular weight excluding hydrogens is 274 g/mol. The third-order valence-electron chi connectivity index (χ3n) is 4.71. The lowest BCUT2D eigenvalue weighted by atomic mass is 9.93. The predicted molar refractivity (Wildman–Crippen MR) is 92.1 cm³/mol. The Labute approximate surface area is 134 Å². The van der Waals surface area contributed by atoms with Crippen LogP contribution in [0.5, 0.6) is 0 Å². The molecule has 1 heterocycles. The summed E-state index contributed by atoms with van der Waals surface area (Å²) < 4.78 is 0. The van der Waals surface area contributed by atoms with E-state index in [2.05, 4.69) is 29.4 Å². The molecule has 1 aliphatic rings. The number of para-hydroxylation sites is 1. The number of hydrogen-bond acceptors (Lipinski definition) is 2. The van der Waals surface area contributed by atoms with Crippen LogP contribution in [0.1, 0.15) is 39.5 Å². The van der Waals surface area contributed by atoms with Crippen molar-refractivity contribution in [2.75, 3.05) is 25.0 Å². The standard InChI is InChI=1S/C18H29N3O/c1-3-15(4-2)17(21-12-8-9-13-21)14-19-18(22)20-16-10-6-5-7-11-16/h5-7,10-11,15,17H,3-4,8-9,12-14H2,1-2H3,(H2,19,20,22). The Balaban J connectivity index is 1.88. The van der Waals surface area contributed by atoms with Gasteiger partial charge in [0.1, 0.15) is 0 Å². The van der Waals surface area contributed by atoms with E-state index in [1.165, 1.54) is 38.8 Å². The van der Waals surface area contributed by atoms with E-state index in [0.717, 1.165) is 12.2 Å². The summed E-state index contributed by atoms with van der Waals surface area (Å²) in [5.74, 6) is 0.648. The molecule has 2 rings (SSSR count). The molecule has 2 amide bonds. The normalized spacial score (nSPS) is 16.7. The first-order chi connectivity index (χ1) is 10.7. The minimum absolute atomic E-state index is 0.110. The highest BCUT2D eigenvalue weighted by molar-refractivity contribution is 5.89. The van der Waals surface area contributed by atoms with E-state index in [9.17, 15) is 4.79 Å². The van der Waals surface area contributed by atoms with Crippen LogP contribution in [0.15, 0.2) is 30.3 Å². The molecule has 0 aliphatic carbocycles. The molecule has 1 unspecified atom stereocenters. The van der Waals surface area contributed by atoms with Crippen LogP contribution in [0.25, 0.3) is 0 Å². The topological polar surface area (TPSA) is 44.4 Å². The summed E-state index contributed by atoms with van der Waals surface area (Å²) in [6.45, 7) is 7.57. The van der Waals surface area contributed by atoms with Crippen LogP contribution in [0, 0.1) is 5.92 Å². The van der Waals surface area contributed by atoms with Crippen molar-refractivity contribution in [3.05, 3.63) is 30.3 Å². The molecule has 1 saturated heterocycles. The lowest BCUT2D eigenvalue weighted by molar-refractivity contribution is 0.163. The van der Waals surface area contributed by atoms with E-state index in [4.69, 9.17) is 0 Å². The first-order valence-corrected chi connectivity index (χ1v) is 8.58. The third kappa shape index (κ3) is 4.73. The first-order valence-electron chi connectivity index (χ1n) is 8.58. The van der Waals surface area contributed by atoms with Crippen molar-refractivity contribution >= 4 is 11.7 Å². The maximum absolute atomic E-state index is 12.1. The van der Waals surface area contributed by atoms with Gasteiger partial charge in [-0.15, -0.1) is 0 Å². The van der Waals surface area contributed by atoms with E-state index < -0.39 is 0 Å². The number of likely N-dealkylation sites (tertiary alicyclic amines) is 1. The zero-order valence-corrected chi connectivity index (χ0v) is 13.8. The number of carbonyl (C=O) groups excluding carboxylic acids is 1. The molecule has 1 aliphatic heterocycles. The quantitative estimate of drug-likeness (QED) is 0.806. The fraction of sp³-hybridized carbons (Fsp3) is 0.611. The summed E-state index contributed by atoms with van der Waals surface area (Å²) in [5, 5.41) is 5.96. The van der Waals surface area contributed by atoms with Crippen LogP contribution in [0.3, 0.4) is 0 Å². The summed E-state index contributed by atoms with van der Waals surface area (Å²) in [4.78, 5) is 14.6. The van der Waals surface area contributed by atoms with Gasteiger partial charge in [0, 0.05) is 18.3 Å². The van der Waals surface area contributed by atoms with Crippen LogP contribution < -0.4 is 10.6 Å². The number of urea groups is 1. The molecule has 0 bridgehead atoms. The van der Waals surface area contributed by atoms with Crippen molar-refractivity contribution < 1.29 is 4.79 Å². The summed E-state index contributed by atoms with van der Waals surface area (Å²) >= 11 is 0. The van der Waals surface area contributed by atoms with Crippen molar-refractivity contribution in [2.24, 2.45) is 5.92 Å². The van der Waals surface area contributed by atoms with Gasteiger partial charge in [-0.3, -0.25) is 4.90 Å². The van der Waals surface area contributed by atoms with Crippen molar-refractivity contribution in [1.29, 1.82) is 0 Å². The molecule has 1 atom stereocenters. The maximum atomic E-state index is 12.1. The Kier molecular flexibility index (Phi) is 6.72. The minimum Gasteiger partial charge on any atom is -0.336 e. The van der Waals surface area contributed by atoms with Crippen molar-refractivity contribution in [2.45, 2.75) is 45.6 Å². The van der Waals surface area contributed by atoms with Gasteiger partial charge in [0.2, 0.25) is 0 Å². The summed E-state index contributed by atoms with van der Waals surface area (Å²) in [7, 11) is 0. The Morgan fingerprint density at radius 3 is 2.36 bits per heavy atom. The summed E-state index contributed by atoms with van der Waals surface area (Å²) in [5.41, 5.74) is 0.834. The van der Waals surface area contributed by atoms with Gasteiger partial charge in [0.25, 0.3) is 0 Å². The molecule has 1 aromatic carbocycles. The minimum atomic E-state index is -0.110. The first kappa shape index (κ1) is 16.8. The molecule has 2 N–H and O–H groups in total. The van der Waals surface area contributed by atoms with Crippen LogP contribution >= 0.6 is 0 Å². The third-order valence-corrected chi connectivity index (χ3v) is 4.71. The van der Waals surface area contributed by atoms with Crippen LogP contribution in [-0.2, 0) is 0 Å². The molecule has 4 heteroatoms. The molecule has 22 heavy (non-hydrogen) atoms. The SMILES string of the molecule is CCC(CC)C(CNC(=O)Nc1ccccc1)N1CCCC1. The zero-order chi connectivity index (χ0) is 15.8. The molecule has 4 nitrogen and oxygen atoms in total. The van der Waals surface area contributed by atoms with Crippen LogP contribution in [-0.4, -0.2) is 36.6 Å². The highest BCUT2D eigenvalue weighted by atomic mass is 16.2. The average molecular weight is 303 g/mol. The maximum Gasteiger partial charge on any atom is 0.319 e. The van der Waals surface area contributed by atoms with Crippen molar-refractivity contribution in [3.8, 4) is 0 Å². The smallest absolute Gasteiger partial charge is 0.319 e. The van der Waals surface area contributed by atoms with Crippen LogP contribution in [0.2, 0.25) is 0 Å². The summed E-state index contributed by atoms with van der Waals surface area (Å²) in [6.07, 6.45) is 4.90. The number of amides is 2. The monoisotopic (exact) mass is 303 g/mol. The number of nitrogens with one attached hydrogen (secondary N) is 2. The van der Waals surface area contributed by atoms with E-state index in [1.807, 2.05) is 30.3 Å². The lowest BCUT2D eigenvalue weighted by Crippen LogP contribution is -2.47. The van der Waals surface area contributed by atoms with Crippen molar-refractivity contribution in [1.82, 2.24) is 10.2 Å². The molecule has 0 radical (unpaired) electrons. The van der Waals surface area contributed by atoms with Gasteiger partial charge in [-0.25, -0.2) is 4.79 Å². The van der Waals surface area contributed by atoms with E-state index in [1.54, 1.807) is 0 Å². The number of benzene rings is 1. The van der Waals surface area contributed by atoms with Crippen LogP contribution in [0.4, 0.5) is 10.5 Å². The van der Waals surface area contributed by atoms with Gasteiger partial charge in [-0.05, 0) is 44.0 Å². The number of anilines is 1. The number of rotatable bonds is 7. The second-order valence-electron chi connectivity index (χ2n) is 6.09. The van der Waals surface area contributed by atoms with E-state index in [-0.39, 0.29) is 6.03 Å². The highest BCUT2D eigenvalue weighted by Crippen LogP contribution is 2.22. The molecule has 0 saturated carbocycles. The van der Waals surface area contributed by atoms with Crippen molar-refractivity contribution in [3.63, 3.8) is 0 Å². The lowest BCUT2D eigenvalue weighted by Gasteiger charge is -2.33. The van der Waals surface area contributed by atoms with Gasteiger partial charge < -0.3 is 10.6 Å². The van der Waals surface area contributed by atoms with Gasteiger partial charge in [0.05, 0.1) is 0 Å². The Morgan fingerprint density at radius 1 is 1.14 bits per heavy atom. The largest absolute Gasteiger partial charge is 0.336 e. The van der Waals surface area contributed by atoms with Gasteiger partial charge in [0.15, 0.2) is 0 Å². The van der Waals surface area contributed by atoms with Gasteiger partial charge >= 0.3 is 6.03 Å². The average Bonchev–Trinajstić information content (AvgIpc) is 3.06. The fourth-order valence-electron chi connectivity index (χ4n) is 3.39. The number of nitrogens with zero attached hydrogens (tertiary/aromatic N) is 1. The predicted octanol–water partition coefficient (Wildman–Crippen LogP) is 3.71. The second kappa shape index (κ2) is 8.79. The zero-order valence-electron chi connectivity index (χ0n) is 13.8. The second-order valence-corrected chi connectivity index (χ2v) is 6.09. The number of hydrogen-bond donors (Lipinski definition) is 2. The molecule has 0 aromatic heterocycles. The number of carbonyl (C=O) groups is 1. The van der Waals surface area contributed by atoms with E-state index in [0.29, 0.717) is 12.0 Å². The summed E-state index contributed by atoms with van der Waals surface area (Å²) in [6, 6.07) is 9.94. The van der Waals surface area contributed by atoms with E-state index >= 15 is 0 Å². The Morgan fingerprint density at radius 2 is 1.77 bits per heavy atom. The van der Waals surface area contributed by atoms with Gasteiger partial charge in [-0.2, -0.15) is 0 Å². The molecule has 1 aromatic rings. The van der Waals surface area contributed by atoms with Gasteiger partial charge in [-0.1, -0.05) is 44.9 Å².